The van der Waals surface area contributed by atoms with Crippen LogP contribution in [0.25, 0.3) is 0 Å². The van der Waals surface area contributed by atoms with Gasteiger partial charge in [0.15, 0.2) is 0 Å². The molecule has 0 saturated carbocycles. The van der Waals surface area contributed by atoms with Crippen molar-refractivity contribution in [1.82, 2.24) is 14.6 Å². The minimum atomic E-state index is -3.34. The van der Waals surface area contributed by atoms with Gasteiger partial charge in [-0.05, 0) is 25.5 Å². The molecule has 1 fully saturated rings. The van der Waals surface area contributed by atoms with E-state index in [1.54, 1.807) is 6.07 Å². The Balaban J connectivity index is 2.06. The number of hydrogen-bond donors (Lipinski definition) is 1. The summed E-state index contributed by atoms with van der Waals surface area (Å²) in [5, 5.41) is 2.87. The molecule has 128 valence electrons. The Morgan fingerprint density at radius 2 is 2.09 bits per heavy atom. The third-order valence-electron chi connectivity index (χ3n) is 4.10. The molecule has 0 spiro atoms. The monoisotopic (exact) mass is 341 g/mol. The fourth-order valence-corrected chi connectivity index (χ4v) is 3.53. The van der Waals surface area contributed by atoms with Crippen molar-refractivity contribution in [3.05, 3.63) is 29.1 Å². The summed E-state index contributed by atoms with van der Waals surface area (Å²) in [5.41, 5.74) is 2.28. The molecule has 1 saturated heterocycles. The third-order valence-corrected chi connectivity index (χ3v) is 6.06. The van der Waals surface area contributed by atoms with Crippen LogP contribution in [0.15, 0.2) is 12.3 Å². The fourth-order valence-electron chi connectivity index (χ4n) is 2.36. The van der Waals surface area contributed by atoms with Crippen molar-refractivity contribution in [3.8, 4) is 0 Å². The lowest BCUT2D eigenvalue weighted by Gasteiger charge is -2.21. The van der Waals surface area contributed by atoms with E-state index < -0.39 is 10.0 Å². The minimum absolute atomic E-state index is 0.0455. The van der Waals surface area contributed by atoms with Crippen molar-refractivity contribution in [3.63, 3.8) is 0 Å². The Kier molecular flexibility index (Phi) is 5.38. The highest BCUT2D eigenvalue weighted by atomic mass is 32.2. The summed E-state index contributed by atoms with van der Waals surface area (Å²) in [7, 11) is -0.339. The van der Waals surface area contributed by atoms with Gasteiger partial charge in [0, 0.05) is 31.9 Å². The molecular weight excluding hydrogens is 318 g/mol. The molecule has 1 N–H and O–H groups in total. The smallest absolute Gasteiger partial charge is 0.253 e. The van der Waals surface area contributed by atoms with Crippen molar-refractivity contribution >= 4 is 15.9 Å². The number of amides is 1. The van der Waals surface area contributed by atoms with Crippen molar-refractivity contribution in [2.75, 3.05) is 33.1 Å². The van der Waals surface area contributed by atoms with Gasteiger partial charge in [0.05, 0.1) is 30.6 Å². The Morgan fingerprint density at radius 1 is 1.39 bits per heavy atom. The van der Waals surface area contributed by atoms with Gasteiger partial charge in [-0.2, -0.15) is 0 Å². The van der Waals surface area contributed by atoms with Crippen LogP contribution in [0.4, 0.5) is 0 Å². The van der Waals surface area contributed by atoms with E-state index in [0.717, 1.165) is 11.3 Å². The van der Waals surface area contributed by atoms with Crippen LogP contribution in [0.2, 0.25) is 0 Å². The van der Waals surface area contributed by atoms with Crippen molar-refractivity contribution in [2.45, 2.75) is 19.9 Å². The fraction of sp³-hybridized carbons (Fsp3) is 0.600. The molecule has 2 heterocycles. The van der Waals surface area contributed by atoms with Crippen LogP contribution < -0.4 is 5.32 Å². The average molecular weight is 341 g/mol. The predicted molar refractivity (Wildman–Crippen MR) is 86.7 cm³/mol. The highest BCUT2D eigenvalue weighted by molar-refractivity contribution is 7.89. The molecule has 8 heteroatoms. The number of ether oxygens (including phenoxy) is 1. The number of aromatic nitrogens is 1. The number of carbonyl (C=O) groups excluding carboxylic acids is 1. The van der Waals surface area contributed by atoms with E-state index in [4.69, 9.17) is 4.74 Å². The summed E-state index contributed by atoms with van der Waals surface area (Å²) in [6, 6.07) is 1.46. The topological polar surface area (TPSA) is 88.6 Å². The van der Waals surface area contributed by atoms with Crippen molar-refractivity contribution in [1.29, 1.82) is 0 Å². The maximum absolute atomic E-state index is 12.3. The zero-order valence-electron chi connectivity index (χ0n) is 13.9. The first-order valence-electron chi connectivity index (χ1n) is 7.43. The Bertz CT molecular complexity index is 688. The maximum atomic E-state index is 12.3. The van der Waals surface area contributed by atoms with Crippen LogP contribution >= 0.6 is 0 Å². The maximum Gasteiger partial charge on any atom is 0.253 e. The van der Waals surface area contributed by atoms with Gasteiger partial charge in [0.2, 0.25) is 10.0 Å². The quantitative estimate of drug-likeness (QED) is 0.834. The summed E-state index contributed by atoms with van der Waals surface area (Å²) in [4.78, 5) is 16.5. The number of aryl methyl sites for hydroxylation is 2. The van der Waals surface area contributed by atoms with Gasteiger partial charge in [-0.3, -0.25) is 9.78 Å². The van der Waals surface area contributed by atoms with E-state index in [2.05, 4.69) is 10.3 Å². The first-order valence-corrected chi connectivity index (χ1v) is 9.03. The van der Waals surface area contributed by atoms with Gasteiger partial charge >= 0.3 is 0 Å². The van der Waals surface area contributed by atoms with Gasteiger partial charge in [0.1, 0.15) is 0 Å². The van der Waals surface area contributed by atoms with E-state index in [9.17, 15) is 13.2 Å². The largest absolute Gasteiger partial charge is 0.379 e. The van der Waals surface area contributed by atoms with Gasteiger partial charge in [-0.25, -0.2) is 12.7 Å². The van der Waals surface area contributed by atoms with E-state index >= 15 is 0 Å². The van der Waals surface area contributed by atoms with Crippen LogP contribution in [0, 0.1) is 19.8 Å². The Hall–Kier alpha value is -1.51. The lowest BCUT2D eigenvalue weighted by atomic mass is 10.1. The van der Waals surface area contributed by atoms with Crippen LogP contribution in [0.3, 0.4) is 0 Å². The highest BCUT2D eigenvalue weighted by Crippen LogP contribution is 2.18. The van der Waals surface area contributed by atoms with Crippen LogP contribution in [-0.4, -0.2) is 62.7 Å². The molecular formula is C15H23N3O4S. The Labute approximate surface area is 137 Å². The van der Waals surface area contributed by atoms with E-state index in [1.807, 2.05) is 13.8 Å². The molecule has 1 aliphatic rings. The summed E-state index contributed by atoms with van der Waals surface area (Å²) in [6.07, 6.45) is 1.53. The molecule has 2 rings (SSSR count). The summed E-state index contributed by atoms with van der Waals surface area (Å²) in [5.74, 6) is -0.565. The molecule has 1 aromatic heterocycles. The van der Waals surface area contributed by atoms with Crippen LogP contribution in [0.1, 0.15) is 21.6 Å². The Morgan fingerprint density at radius 3 is 2.70 bits per heavy atom. The number of pyridine rings is 1. The van der Waals surface area contributed by atoms with Gasteiger partial charge in [0.25, 0.3) is 5.91 Å². The molecule has 0 radical (unpaired) electrons. The molecule has 7 nitrogen and oxygen atoms in total. The average Bonchev–Trinajstić information content (AvgIpc) is 2.88. The predicted octanol–water partition coefficient (Wildman–Crippen LogP) is 0.335. The molecule has 1 aliphatic heterocycles. The van der Waals surface area contributed by atoms with E-state index in [1.165, 1.54) is 24.6 Å². The second kappa shape index (κ2) is 6.94. The molecule has 0 unspecified atom stereocenters. The summed E-state index contributed by atoms with van der Waals surface area (Å²) < 4.78 is 30.6. The molecule has 1 amide bonds. The number of hydrogen-bond acceptors (Lipinski definition) is 5. The molecule has 0 aromatic carbocycles. The minimum Gasteiger partial charge on any atom is -0.379 e. The molecule has 23 heavy (non-hydrogen) atoms. The summed E-state index contributed by atoms with van der Waals surface area (Å²) >= 11 is 0. The van der Waals surface area contributed by atoms with Gasteiger partial charge in [-0.15, -0.1) is 0 Å². The van der Waals surface area contributed by atoms with Crippen LogP contribution in [0.5, 0.6) is 0 Å². The normalized spacial score (nSPS) is 21.6. The molecule has 0 bridgehead atoms. The highest BCUT2D eigenvalue weighted by Gasteiger charge is 2.34. The van der Waals surface area contributed by atoms with E-state index in [0.29, 0.717) is 18.8 Å². The number of nitrogens with one attached hydrogen (secondary N) is 1. The van der Waals surface area contributed by atoms with Gasteiger partial charge in [-0.1, -0.05) is 0 Å². The third kappa shape index (κ3) is 4.27. The zero-order chi connectivity index (χ0) is 17.2. The van der Waals surface area contributed by atoms with Crippen molar-refractivity contribution in [2.24, 2.45) is 5.92 Å². The summed E-state index contributed by atoms with van der Waals surface area (Å²) in [6.45, 7) is 4.41. The van der Waals surface area contributed by atoms with Gasteiger partial charge < -0.3 is 10.1 Å². The second-order valence-corrected chi connectivity index (χ2v) is 8.29. The first-order chi connectivity index (χ1) is 10.7. The first kappa shape index (κ1) is 17.8. The molecule has 2 atom stereocenters. The standard InChI is InChI=1S/C15H23N3O4S/c1-10-5-12(6-16-11(10)2)15(19)17-14-8-22-7-13(14)9-23(20,21)18(3)4/h5-6,13-14H,7-9H2,1-4H3,(H,17,19)/t13-,14+/m0/s1. The molecule has 0 aliphatic carbocycles. The lowest BCUT2D eigenvalue weighted by molar-refractivity contribution is 0.0925. The van der Waals surface area contributed by atoms with Crippen LogP contribution in [-0.2, 0) is 14.8 Å². The lowest BCUT2D eigenvalue weighted by Crippen LogP contribution is -2.43. The molecule has 1 aromatic rings. The number of carbonyl (C=O) groups is 1. The van der Waals surface area contributed by atoms with Crippen molar-refractivity contribution < 1.29 is 17.9 Å². The SMILES string of the molecule is Cc1cc(C(=O)N[C@@H]2COC[C@H]2CS(=O)(=O)N(C)C)cnc1C. The zero-order valence-corrected chi connectivity index (χ0v) is 14.7. The number of nitrogens with zero attached hydrogens (tertiary/aromatic N) is 2. The second-order valence-electron chi connectivity index (χ2n) is 6.06. The number of rotatable bonds is 5. The van der Waals surface area contributed by atoms with E-state index in [-0.39, 0.29) is 23.6 Å². The number of sulfonamides is 1.